The Morgan fingerprint density at radius 2 is 1.65 bits per heavy atom. The average Bonchev–Trinajstić information content (AvgIpc) is 2.79. The van der Waals surface area contributed by atoms with Crippen molar-refractivity contribution in [2.24, 2.45) is 0 Å². The number of aliphatic hydroxyl groups excluding tert-OH is 4. The van der Waals surface area contributed by atoms with Crippen LogP contribution in [0.2, 0.25) is 0 Å². The number of benzene rings is 2. The van der Waals surface area contributed by atoms with E-state index in [9.17, 15) is 24.8 Å². The molecule has 2 aromatic rings. The van der Waals surface area contributed by atoms with Crippen LogP contribution in [-0.2, 0) is 22.5 Å². The van der Waals surface area contributed by atoms with Gasteiger partial charge in [0.15, 0.2) is 6.29 Å². The molecule has 4 N–H and O–H groups in total. The van der Waals surface area contributed by atoms with Gasteiger partial charge in [0.25, 0.3) is 0 Å². The van der Waals surface area contributed by atoms with Gasteiger partial charge in [0.05, 0.1) is 6.61 Å². The van der Waals surface area contributed by atoms with Crippen LogP contribution in [0, 0.1) is 5.82 Å². The van der Waals surface area contributed by atoms with Crippen molar-refractivity contribution in [3.63, 3.8) is 0 Å². The Labute approximate surface area is 180 Å². The standard InChI is InChI=1S/C23H29FO7/c24-18-7-2-1-6-16(18)14-30-17-10-8-15(9-11-17)5-3-4-12-29-23-22(28)21(27)20(26)19(13-25)31-23/h1-2,6-11,19-23,25-28H,3-5,12-14H2/t19-,20-,21+,22-,23-/m1/s1. The first-order valence-electron chi connectivity index (χ1n) is 10.4. The largest absolute Gasteiger partial charge is 0.489 e. The lowest BCUT2D eigenvalue weighted by molar-refractivity contribution is -0.301. The molecule has 7 nitrogen and oxygen atoms in total. The zero-order valence-electron chi connectivity index (χ0n) is 17.1. The molecule has 5 atom stereocenters. The summed E-state index contributed by atoms with van der Waals surface area (Å²) in [6, 6.07) is 14.1. The maximum atomic E-state index is 13.6. The number of hydrogen-bond acceptors (Lipinski definition) is 7. The quantitative estimate of drug-likeness (QED) is 0.419. The van der Waals surface area contributed by atoms with Crippen molar-refractivity contribution >= 4 is 0 Å². The van der Waals surface area contributed by atoms with Crippen molar-refractivity contribution in [2.45, 2.75) is 56.6 Å². The number of hydrogen-bond donors (Lipinski definition) is 4. The highest BCUT2D eigenvalue weighted by atomic mass is 19.1. The van der Waals surface area contributed by atoms with E-state index >= 15 is 0 Å². The zero-order valence-corrected chi connectivity index (χ0v) is 17.1. The fraction of sp³-hybridized carbons (Fsp3) is 0.478. The minimum absolute atomic E-state index is 0.168. The molecule has 0 amide bonds. The molecule has 0 saturated carbocycles. The van der Waals surface area contributed by atoms with Crippen LogP contribution in [0.15, 0.2) is 48.5 Å². The van der Waals surface area contributed by atoms with E-state index in [2.05, 4.69) is 0 Å². The number of aryl methyl sites for hydroxylation is 1. The predicted molar refractivity (Wildman–Crippen MR) is 110 cm³/mol. The highest BCUT2D eigenvalue weighted by Gasteiger charge is 2.43. The molecule has 0 aliphatic carbocycles. The van der Waals surface area contributed by atoms with Crippen molar-refractivity contribution in [1.82, 2.24) is 0 Å². The van der Waals surface area contributed by atoms with Gasteiger partial charge < -0.3 is 34.6 Å². The van der Waals surface area contributed by atoms with Crippen LogP contribution in [-0.4, -0.2) is 64.3 Å². The molecular weight excluding hydrogens is 407 g/mol. The fourth-order valence-corrected chi connectivity index (χ4v) is 3.36. The number of aliphatic hydroxyl groups is 4. The molecule has 2 aromatic carbocycles. The van der Waals surface area contributed by atoms with E-state index in [4.69, 9.17) is 14.2 Å². The lowest BCUT2D eigenvalue weighted by atomic mass is 9.99. The van der Waals surface area contributed by atoms with Gasteiger partial charge in [-0.1, -0.05) is 30.3 Å². The monoisotopic (exact) mass is 436 g/mol. The Morgan fingerprint density at radius 1 is 0.903 bits per heavy atom. The lowest BCUT2D eigenvalue weighted by Crippen LogP contribution is -2.59. The van der Waals surface area contributed by atoms with E-state index in [0.717, 1.165) is 18.4 Å². The van der Waals surface area contributed by atoms with E-state index in [-0.39, 0.29) is 12.4 Å². The maximum Gasteiger partial charge on any atom is 0.186 e. The molecule has 170 valence electrons. The van der Waals surface area contributed by atoms with E-state index in [0.29, 0.717) is 24.3 Å². The molecule has 0 spiro atoms. The minimum Gasteiger partial charge on any atom is -0.489 e. The summed E-state index contributed by atoms with van der Waals surface area (Å²) < 4.78 is 30.0. The SMILES string of the molecule is OC[C@H]1O[C@@H](OCCCCc2ccc(OCc3ccccc3F)cc2)[C@H](O)[C@@H](O)[C@@H]1O. The molecule has 1 heterocycles. The summed E-state index contributed by atoms with van der Waals surface area (Å²) in [6.45, 7) is -0.0152. The summed E-state index contributed by atoms with van der Waals surface area (Å²) >= 11 is 0. The molecule has 8 heteroatoms. The van der Waals surface area contributed by atoms with Gasteiger partial charge in [-0.3, -0.25) is 0 Å². The molecule has 31 heavy (non-hydrogen) atoms. The molecule has 1 aliphatic heterocycles. The Bertz CT molecular complexity index is 799. The van der Waals surface area contributed by atoms with Crippen LogP contribution in [0.1, 0.15) is 24.0 Å². The average molecular weight is 436 g/mol. The molecule has 1 fully saturated rings. The first-order chi connectivity index (χ1) is 15.0. The van der Waals surface area contributed by atoms with Crippen molar-refractivity contribution < 1.29 is 39.0 Å². The summed E-state index contributed by atoms with van der Waals surface area (Å²) in [4.78, 5) is 0. The second-order valence-electron chi connectivity index (χ2n) is 7.55. The van der Waals surface area contributed by atoms with E-state index in [1.165, 1.54) is 6.07 Å². The van der Waals surface area contributed by atoms with E-state index in [1.807, 2.05) is 24.3 Å². The highest BCUT2D eigenvalue weighted by molar-refractivity contribution is 5.28. The van der Waals surface area contributed by atoms with Crippen LogP contribution in [0.25, 0.3) is 0 Å². The molecule has 1 aliphatic rings. The van der Waals surface area contributed by atoms with Crippen LogP contribution in [0.3, 0.4) is 0 Å². The first kappa shape index (κ1) is 23.6. The summed E-state index contributed by atoms with van der Waals surface area (Å²) in [7, 11) is 0. The number of unbranched alkanes of at least 4 members (excludes halogenated alkanes) is 1. The first-order valence-corrected chi connectivity index (χ1v) is 10.4. The van der Waals surface area contributed by atoms with Gasteiger partial charge in [-0.15, -0.1) is 0 Å². The fourth-order valence-electron chi connectivity index (χ4n) is 3.36. The molecule has 0 aromatic heterocycles. The van der Waals surface area contributed by atoms with Gasteiger partial charge in [-0.25, -0.2) is 4.39 Å². The second-order valence-corrected chi connectivity index (χ2v) is 7.55. The zero-order chi connectivity index (χ0) is 22.2. The van der Waals surface area contributed by atoms with Gasteiger partial charge in [0.1, 0.15) is 42.6 Å². The van der Waals surface area contributed by atoms with Crippen molar-refractivity contribution in [3.8, 4) is 5.75 Å². The summed E-state index contributed by atoms with van der Waals surface area (Å²) in [5.41, 5.74) is 1.62. The van der Waals surface area contributed by atoms with Gasteiger partial charge >= 0.3 is 0 Å². The maximum absolute atomic E-state index is 13.6. The van der Waals surface area contributed by atoms with Crippen LogP contribution in [0.5, 0.6) is 5.75 Å². The van der Waals surface area contributed by atoms with Crippen molar-refractivity contribution in [3.05, 3.63) is 65.5 Å². The number of rotatable bonds is 10. The Balaban J connectivity index is 1.36. The molecule has 0 radical (unpaired) electrons. The van der Waals surface area contributed by atoms with Crippen LogP contribution < -0.4 is 4.74 Å². The van der Waals surface area contributed by atoms with Crippen molar-refractivity contribution in [2.75, 3.05) is 13.2 Å². The Hall–Kier alpha value is -2.07. The van der Waals surface area contributed by atoms with E-state index in [1.54, 1.807) is 18.2 Å². The third kappa shape index (κ3) is 6.46. The topological polar surface area (TPSA) is 109 Å². The van der Waals surface area contributed by atoms with Crippen LogP contribution >= 0.6 is 0 Å². The van der Waals surface area contributed by atoms with Crippen molar-refractivity contribution in [1.29, 1.82) is 0 Å². The Kier molecular flexibility index (Phi) is 8.77. The van der Waals surface area contributed by atoms with E-state index < -0.39 is 37.3 Å². The second kappa shape index (κ2) is 11.5. The highest BCUT2D eigenvalue weighted by Crippen LogP contribution is 2.22. The summed E-state index contributed by atoms with van der Waals surface area (Å²) in [6.07, 6.45) is -3.94. The van der Waals surface area contributed by atoms with Crippen LogP contribution in [0.4, 0.5) is 4.39 Å². The molecular formula is C23H29FO7. The van der Waals surface area contributed by atoms with Gasteiger partial charge in [-0.2, -0.15) is 0 Å². The normalized spacial score (nSPS) is 26.0. The summed E-state index contributed by atoms with van der Waals surface area (Å²) in [5, 5.41) is 38.6. The Morgan fingerprint density at radius 3 is 2.35 bits per heavy atom. The van der Waals surface area contributed by atoms with Gasteiger partial charge in [0, 0.05) is 12.2 Å². The smallest absolute Gasteiger partial charge is 0.186 e. The van der Waals surface area contributed by atoms with Gasteiger partial charge in [0.2, 0.25) is 0 Å². The lowest BCUT2D eigenvalue weighted by Gasteiger charge is -2.39. The molecule has 0 bridgehead atoms. The summed E-state index contributed by atoms with van der Waals surface area (Å²) in [5.74, 6) is 0.378. The minimum atomic E-state index is -1.44. The molecule has 1 saturated heterocycles. The molecule has 3 rings (SSSR count). The number of halogens is 1. The molecule has 0 unspecified atom stereocenters. The number of ether oxygens (including phenoxy) is 3. The van der Waals surface area contributed by atoms with Gasteiger partial charge in [-0.05, 0) is 43.0 Å². The third-order valence-electron chi connectivity index (χ3n) is 5.27. The predicted octanol–water partition coefficient (Wildman–Crippen LogP) is 1.54. The third-order valence-corrected chi connectivity index (χ3v) is 5.27.